The van der Waals surface area contributed by atoms with Gasteiger partial charge >= 0.3 is 0 Å². The Morgan fingerprint density at radius 3 is 2.90 bits per heavy atom. The predicted octanol–water partition coefficient (Wildman–Crippen LogP) is 1.96. The second-order valence-electron chi connectivity index (χ2n) is 6.70. The average Bonchev–Trinajstić information content (AvgIpc) is 2.70. The lowest BCUT2D eigenvalue weighted by Crippen LogP contribution is -2.42. The highest BCUT2D eigenvalue weighted by atomic mass is 19.1. The number of nitrogens with zero attached hydrogens (tertiary/aromatic N) is 3. The Hall–Kier alpha value is -3.11. The second kappa shape index (κ2) is 7.72. The van der Waals surface area contributed by atoms with Crippen LogP contribution in [0.1, 0.15) is 6.42 Å². The fourth-order valence-corrected chi connectivity index (χ4v) is 3.09. The van der Waals surface area contributed by atoms with Gasteiger partial charge in [-0.05, 0) is 24.6 Å². The second-order valence-corrected chi connectivity index (χ2v) is 6.70. The van der Waals surface area contributed by atoms with E-state index >= 15 is 0 Å². The summed E-state index contributed by atoms with van der Waals surface area (Å²) >= 11 is 0. The number of fused-ring (bicyclic) bond motifs is 1. The summed E-state index contributed by atoms with van der Waals surface area (Å²) in [6.45, 7) is 0.742. The van der Waals surface area contributed by atoms with E-state index in [1.165, 1.54) is 23.9 Å². The fraction of sp³-hybridized carbons (Fsp3) is 0.316. The molecule has 2 atom stereocenters. The van der Waals surface area contributed by atoms with Gasteiger partial charge in [0.15, 0.2) is 17.3 Å². The topological polar surface area (TPSA) is 98.5 Å². The van der Waals surface area contributed by atoms with Gasteiger partial charge in [0.05, 0.1) is 18.8 Å². The van der Waals surface area contributed by atoms with Gasteiger partial charge in [-0.15, -0.1) is 0 Å². The molecular weight excluding hydrogens is 386 g/mol. The number of ether oxygens (including phenoxy) is 2. The van der Waals surface area contributed by atoms with Crippen molar-refractivity contribution in [2.24, 2.45) is 7.05 Å². The number of aryl methyl sites for hydroxylation is 1. The van der Waals surface area contributed by atoms with Crippen LogP contribution in [0.3, 0.4) is 0 Å². The zero-order chi connectivity index (χ0) is 20.5. The van der Waals surface area contributed by atoms with E-state index in [1.807, 2.05) is 0 Å². The summed E-state index contributed by atoms with van der Waals surface area (Å²) in [5, 5.41) is 13.5. The average molecular weight is 404 g/mol. The minimum Gasteiger partial charge on any atom is -0.448 e. The van der Waals surface area contributed by atoms with E-state index in [1.54, 1.807) is 0 Å². The van der Waals surface area contributed by atoms with E-state index < -0.39 is 23.3 Å². The molecule has 1 aliphatic rings. The molecule has 2 N–H and O–H groups in total. The molecule has 1 aliphatic heterocycles. The van der Waals surface area contributed by atoms with Crippen LogP contribution in [0.4, 0.5) is 14.7 Å². The van der Waals surface area contributed by atoms with E-state index in [2.05, 4.69) is 15.3 Å². The molecule has 0 amide bonds. The molecule has 0 unspecified atom stereocenters. The predicted molar refractivity (Wildman–Crippen MR) is 100 cm³/mol. The molecule has 152 valence electrons. The van der Waals surface area contributed by atoms with E-state index in [0.717, 1.165) is 12.1 Å². The summed E-state index contributed by atoms with van der Waals surface area (Å²) in [6, 6.07) is 3.95. The minimum absolute atomic E-state index is 0.144. The van der Waals surface area contributed by atoms with Crippen molar-refractivity contribution in [3.8, 4) is 11.5 Å². The Labute approximate surface area is 163 Å². The maximum absolute atomic E-state index is 13.9. The first-order valence-corrected chi connectivity index (χ1v) is 8.94. The molecule has 4 rings (SSSR count). The standard InChI is InChI=1S/C19H18F2N4O4/c1-25-17-10(8-22-19(24-17)23-13-4-5-28-9-14(13)26)6-16(18(25)27)29-15-3-2-11(20)7-12(15)21/h2-3,6-8,13-14,26H,4-5,9H2,1H3,(H,22,23,24)/t13-,14-/m1/s1. The van der Waals surface area contributed by atoms with Crippen molar-refractivity contribution in [2.45, 2.75) is 18.6 Å². The zero-order valence-corrected chi connectivity index (χ0v) is 15.4. The van der Waals surface area contributed by atoms with Crippen molar-refractivity contribution in [2.75, 3.05) is 18.5 Å². The lowest BCUT2D eigenvalue weighted by molar-refractivity contribution is -0.0136. The number of aromatic nitrogens is 3. The Morgan fingerprint density at radius 1 is 1.31 bits per heavy atom. The summed E-state index contributed by atoms with van der Waals surface area (Å²) < 4.78 is 38.7. The highest BCUT2D eigenvalue weighted by molar-refractivity contribution is 5.76. The number of pyridine rings is 1. The molecule has 8 nitrogen and oxygen atoms in total. The highest BCUT2D eigenvalue weighted by Gasteiger charge is 2.24. The fourth-order valence-electron chi connectivity index (χ4n) is 3.09. The van der Waals surface area contributed by atoms with Crippen molar-refractivity contribution in [1.29, 1.82) is 0 Å². The van der Waals surface area contributed by atoms with E-state index in [9.17, 15) is 18.7 Å². The Balaban J connectivity index is 1.65. The van der Waals surface area contributed by atoms with Crippen molar-refractivity contribution in [1.82, 2.24) is 14.5 Å². The smallest absolute Gasteiger partial charge is 0.294 e. The molecule has 0 saturated carbocycles. The molecule has 3 heterocycles. The van der Waals surface area contributed by atoms with Gasteiger partial charge in [-0.1, -0.05) is 0 Å². The molecule has 2 aromatic heterocycles. The van der Waals surface area contributed by atoms with Gasteiger partial charge in [0, 0.05) is 31.3 Å². The van der Waals surface area contributed by atoms with Crippen molar-refractivity contribution in [3.63, 3.8) is 0 Å². The van der Waals surface area contributed by atoms with Gasteiger partial charge in [0.1, 0.15) is 11.5 Å². The van der Waals surface area contributed by atoms with Crippen molar-refractivity contribution in [3.05, 3.63) is 52.5 Å². The first-order valence-electron chi connectivity index (χ1n) is 8.94. The number of aliphatic hydroxyl groups is 1. The first kappa shape index (κ1) is 19.2. The van der Waals surface area contributed by atoms with Gasteiger partial charge in [0.25, 0.3) is 5.56 Å². The maximum Gasteiger partial charge on any atom is 0.294 e. The summed E-state index contributed by atoms with van der Waals surface area (Å²) in [5.74, 6) is -1.82. The third kappa shape index (κ3) is 3.89. The van der Waals surface area contributed by atoms with Crippen LogP contribution < -0.4 is 15.6 Å². The van der Waals surface area contributed by atoms with Gasteiger partial charge in [-0.3, -0.25) is 9.36 Å². The Bertz CT molecular complexity index is 1120. The van der Waals surface area contributed by atoms with Crippen molar-refractivity contribution < 1.29 is 23.4 Å². The molecule has 1 aromatic carbocycles. The lowest BCUT2D eigenvalue weighted by Gasteiger charge is -2.28. The van der Waals surface area contributed by atoms with Crippen LogP contribution >= 0.6 is 0 Å². The molecular formula is C19H18F2N4O4. The van der Waals surface area contributed by atoms with Crippen LogP contribution in [-0.2, 0) is 11.8 Å². The number of hydrogen-bond donors (Lipinski definition) is 2. The number of benzene rings is 1. The van der Waals surface area contributed by atoms with Crippen LogP contribution in [0, 0.1) is 11.6 Å². The van der Waals surface area contributed by atoms with Gasteiger partial charge in [0.2, 0.25) is 5.95 Å². The largest absolute Gasteiger partial charge is 0.448 e. The third-order valence-electron chi connectivity index (χ3n) is 4.67. The summed E-state index contributed by atoms with van der Waals surface area (Å²) in [7, 11) is 1.50. The maximum atomic E-state index is 13.9. The SMILES string of the molecule is Cn1c(=O)c(Oc2ccc(F)cc2F)cc2cnc(N[C@@H]3CCOC[C@H]3O)nc21. The van der Waals surface area contributed by atoms with E-state index in [0.29, 0.717) is 30.1 Å². The molecule has 0 spiro atoms. The molecule has 3 aromatic rings. The summed E-state index contributed by atoms with van der Waals surface area (Å²) in [4.78, 5) is 21.2. The van der Waals surface area contributed by atoms with E-state index in [-0.39, 0.29) is 30.1 Å². The zero-order valence-electron chi connectivity index (χ0n) is 15.4. The Kier molecular flexibility index (Phi) is 5.12. The molecule has 0 aliphatic carbocycles. The Morgan fingerprint density at radius 2 is 2.14 bits per heavy atom. The highest BCUT2D eigenvalue weighted by Crippen LogP contribution is 2.25. The van der Waals surface area contributed by atoms with Crippen LogP contribution in [-0.4, -0.2) is 45.0 Å². The molecule has 0 radical (unpaired) electrons. The summed E-state index contributed by atoms with van der Waals surface area (Å²) in [5.41, 5.74) is -0.210. The minimum atomic E-state index is -0.919. The lowest BCUT2D eigenvalue weighted by atomic mass is 10.1. The molecule has 0 bridgehead atoms. The number of aliphatic hydroxyl groups excluding tert-OH is 1. The monoisotopic (exact) mass is 404 g/mol. The van der Waals surface area contributed by atoms with Crippen LogP contribution in [0.25, 0.3) is 11.0 Å². The van der Waals surface area contributed by atoms with Crippen LogP contribution in [0.15, 0.2) is 35.3 Å². The number of rotatable bonds is 4. The van der Waals surface area contributed by atoms with E-state index in [4.69, 9.17) is 9.47 Å². The molecule has 10 heteroatoms. The molecule has 1 fully saturated rings. The number of halogens is 2. The number of hydrogen-bond acceptors (Lipinski definition) is 7. The van der Waals surface area contributed by atoms with Crippen LogP contribution in [0.2, 0.25) is 0 Å². The van der Waals surface area contributed by atoms with Gasteiger partial charge in [-0.25, -0.2) is 13.8 Å². The quantitative estimate of drug-likeness (QED) is 0.686. The van der Waals surface area contributed by atoms with Crippen molar-refractivity contribution >= 4 is 17.0 Å². The van der Waals surface area contributed by atoms with Gasteiger partial charge in [-0.2, -0.15) is 4.98 Å². The summed E-state index contributed by atoms with van der Waals surface area (Å²) in [6.07, 6.45) is 1.40. The first-order chi connectivity index (χ1) is 13.9. The van der Waals surface area contributed by atoms with Crippen LogP contribution in [0.5, 0.6) is 11.5 Å². The molecule has 1 saturated heterocycles. The number of anilines is 1. The third-order valence-corrected chi connectivity index (χ3v) is 4.67. The normalized spacial score (nSPS) is 19.3. The molecule has 29 heavy (non-hydrogen) atoms. The number of nitrogens with one attached hydrogen (secondary N) is 1. The van der Waals surface area contributed by atoms with Gasteiger partial charge < -0.3 is 19.9 Å².